The Kier molecular flexibility index (Phi) is 5.22. The summed E-state index contributed by atoms with van der Waals surface area (Å²) in [5.74, 6) is 2.56. The Bertz CT molecular complexity index is 1860. The van der Waals surface area contributed by atoms with E-state index in [0.29, 0.717) is 23.4 Å². The van der Waals surface area contributed by atoms with Crippen LogP contribution < -0.4 is 0 Å². The first-order valence-electron chi connectivity index (χ1n) is 12.4. The van der Waals surface area contributed by atoms with Crippen LogP contribution in [0.4, 0.5) is 0 Å². The van der Waals surface area contributed by atoms with Crippen molar-refractivity contribution in [2.45, 2.75) is 6.92 Å². The Morgan fingerprint density at radius 1 is 0.500 bits per heavy atom. The van der Waals surface area contributed by atoms with E-state index in [1.807, 2.05) is 66.7 Å². The van der Waals surface area contributed by atoms with Crippen molar-refractivity contribution < 1.29 is 0 Å². The molecule has 0 amide bonds. The molecule has 0 aliphatic rings. The van der Waals surface area contributed by atoms with Gasteiger partial charge >= 0.3 is 0 Å². The summed E-state index contributed by atoms with van der Waals surface area (Å²) in [7, 11) is 0. The lowest BCUT2D eigenvalue weighted by atomic mass is 10.1. The second-order valence-corrected chi connectivity index (χ2v) is 9.18. The Morgan fingerprint density at radius 3 is 1.63 bits per heavy atom. The monoisotopic (exact) mass is 490 g/mol. The van der Waals surface area contributed by atoms with Crippen molar-refractivity contribution >= 4 is 21.8 Å². The first kappa shape index (κ1) is 22.0. The molecule has 0 N–H and O–H groups in total. The number of aryl methyl sites for hydroxylation is 1. The average molecular weight is 491 g/mol. The zero-order chi connectivity index (χ0) is 25.5. The largest absolute Gasteiger partial charge is 0.278 e. The molecule has 7 rings (SSSR count). The lowest BCUT2D eigenvalue weighted by Gasteiger charge is -2.09. The van der Waals surface area contributed by atoms with E-state index in [4.69, 9.17) is 15.0 Å². The summed E-state index contributed by atoms with van der Waals surface area (Å²) in [5.41, 5.74) is 6.09. The van der Waals surface area contributed by atoms with Gasteiger partial charge in [-0.25, -0.2) is 24.9 Å². The van der Waals surface area contributed by atoms with Gasteiger partial charge in [0.1, 0.15) is 0 Å². The van der Waals surface area contributed by atoms with Crippen LogP contribution in [0, 0.1) is 6.92 Å². The van der Waals surface area contributed by atoms with Crippen LogP contribution >= 0.6 is 0 Å². The standard InChI is InChI=1S/C32H22N6/c1-21-13-15-27-25(19-21)26-20-24(14-16-28(26)38(27)32-33-17-8-18-34-32)31-36-29(22-9-4-2-5-10-22)35-30(37-31)23-11-6-3-7-12-23/h2-20H,1H3. The van der Waals surface area contributed by atoms with Crippen molar-refractivity contribution in [2.24, 2.45) is 0 Å². The van der Waals surface area contributed by atoms with Crippen LogP contribution in [0.25, 0.3) is 61.9 Å². The number of hydrogen-bond donors (Lipinski definition) is 0. The third kappa shape index (κ3) is 3.79. The molecule has 0 fully saturated rings. The lowest BCUT2D eigenvalue weighted by Crippen LogP contribution is -2.01. The van der Waals surface area contributed by atoms with Crippen LogP contribution in [-0.4, -0.2) is 29.5 Å². The maximum Gasteiger partial charge on any atom is 0.234 e. The minimum Gasteiger partial charge on any atom is -0.278 e. The van der Waals surface area contributed by atoms with E-state index >= 15 is 0 Å². The summed E-state index contributed by atoms with van der Waals surface area (Å²) in [6, 6.07) is 34.7. The fraction of sp³-hybridized carbons (Fsp3) is 0.0312. The quantitative estimate of drug-likeness (QED) is 0.264. The van der Waals surface area contributed by atoms with Gasteiger partial charge in [0.05, 0.1) is 11.0 Å². The highest BCUT2D eigenvalue weighted by Gasteiger charge is 2.17. The molecule has 38 heavy (non-hydrogen) atoms. The van der Waals surface area contributed by atoms with Crippen LogP contribution in [-0.2, 0) is 0 Å². The summed E-state index contributed by atoms with van der Waals surface area (Å²) in [5, 5.41) is 2.23. The van der Waals surface area contributed by atoms with Crippen LogP contribution in [0.2, 0.25) is 0 Å². The summed E-state index contributed by atoms with van der Waals surface area (Å²) >= 11 is 0. The number of aromatic nitrogens is 6. The predicted molar refractivity (Wildman–Crippen MR) is 151 cm³/mol. The molecular weight excluding hydrogens is 468 g/mol. The SMILES string of the molecule is Cc1ccc2c(c1)c1cc(-c3nc(-c4ccccc4)nc(-c4ccccc4)n3)ccc1n2-c1ncccn1. The molecule has 3 heterocycles. The molecule has 0 aliphatic heterocycles. The Hall–Kier alpha value is -5.23. The number of fused-ring (bicyclic) bond motifs is 3. The molecule has 6 heteroatoms. The van der Waals surface area contributed by atoms with Crippen LogP contribution in [0.3, 0.4) is 0 Å². The zero-order valence-corrected chi connectivity index (χ0v) is 20.7. The van der Waals surface area contributed by atoms with E-state index in [1.165, 1.54) is 5.56 Å². The summed E-state index contributed by atoms with van der Waals surface area (Å²) in [6.45, 7) is 2.11. The molecule has 0 atom stereocenters. The maximum atomic E-state index is 4.92. The van der Waals surface area contributed by atoms with Gasteiger partial charge in [-0.1, -0.05) is 72.3 Å². The van der Waals surface area contributed by atoms with Gasteiger partial charge in [0, 0.05) is 39.9 Å². The smallest absolute Gasteiger partial charge is 0.234 e. The molecular formula is C32H22N6. The minimum atomic E-state index is 0.629. The molecule has 0 aliphatic carbocycles. The molecule has 0 saturated carbocycles. The predicted octanol–water partition coefficient (Wildman–Crippen LogP) is 7.07. The van der Waals surface area contributed by atoms with Crippen LogP contribution in [0.1, 0.15) is 5.56 Å². The van der Waals surface area contributed by atoms with Gasteiger partial charge < -0.3 is 0 Å². The molecule has 0 unspecified atom stereocenters. The van der Waals surface area contributed by atoms with Gasteiger partial charge in [-0.3, -0.25) is 4.57 Å². The molecule has 0 spiro atoms. The van der Waals surface area contributed by atoms with Gasteiger partial charge in [-0.2, -0.15) is 0 Å². The van der Waals surface area contributed by atoms with Gasteiger partial charge in [0.15, 0.2) is 17.5 Å². The van der Waals surface area contributed by atoms with E-state index in [0.717, 1.165) is 38.5 Å². The molecule has 0 radical (unpaired) electrons. The Balaban J connectivity index is 1.48. The number of hydrogen-bond acceptors (Lipinski definition) is 5. The second-order valence-electron chi connectivity index (χ2n) is 9.18. The Labute approximate surface area is 219 Å². The first-order chi connectivity index (χ1) is 18.7. The van der Waals surface area contributed by atoms with E-state index < -0.39 is 0 Å². The third-order valence-electron chi connectivity index (χ3n) is 6.63. The highest BCUT2D eigenvalue weighted by atomic mass is 15.1. The molecule has 3 aromatic heterocycles. The third-order valence-corrected chi connectivity index (χ3v) is 6.63. The van der Waals surface area contributed by atoms with E-state index in [9.17, 15) is 0 Å². The topological polar surface area (TPSA) is 69.4 Å². The molecule has 7 aromatic rings. The molecule has 0 bridgehead atoms. The lowest BCUT2D eigenvalue weighted by molar-refractivity contribution is 0.988. The maximum absolute atomic E-state index is 4.92. The zero-order valence-electron chi connectivity index (χ0n) is 20.7. The molecule has 6 nitrogen and oxygen atoms in total. The highest BCUT2D eigenvalue weighted by molar-refractivity contribution is 6.10. The first-order valence-corrected chi connectivity index (χ1v) is 12.4. The second kappa shape index (κ2) is 9.01. The van der Waals surface area contributed by atoms with E-state index in [1.54, 1.807) is 12.4 Å². The number of rotatable bonds is 4. The normalized spacial score (nSPS) is 11.3. The van der Waals surface area contributed by atoms with Gasteiger partial charge in [0.25, 0.3) is 0 Å². The number of benzene rings is 4. The molecule has 180 valence electrons. The Morgan fingerprint density at radius 2 is 1.03 bits per heavy atom. The van der Waals surface area contributed by atoms with Gasteiger partial charge in [-0.15, -0.1) is 0 Å². The fourth-order valence-electron chi connectivity index (χ4n) is 4.84. The molecule has 4 aromatic carbocycles. The van der Waals surface area contributed by atoms with Crippen molar-refractivity contribution in [1.29, 1.82) is 0 Å². The van der Waals surface area contributed by atoms with Crippen LogP contribution in [0.5, 0.6) is 0 Å². The summed E-state index contributed by atoms with van der Waals surface area (Å²) < 4.78 is 2.10. The van der Waals surface area contributed by atoms with Crippen molar-refractivity contribution in [1.82, 2.24) is 29.5 Å². The van der Waals surface area contributed by atoms with E-state index in [-0.39, 0.29) is 0 Å². The average Bonchev–Trinajstić information content (AvgIpc) is 3.31. The number of nitrogens with zero attached hydrogens (tertiary/aromatic N) is 6. The summed E-state index contributed by atoms with van der Waals surface area (Å²) in [6.07, 6.45) is 3.53. The van der Waals surface area contributed by atoms with E-state index in [2.05, 4.69) is 57.9 Å². The van der Waals surface area contributed by atoms with Gasteiger partial charge in [0.2, 0.25) is 5.95 Å². The summed E-state index contributed by atoms with van der Waals surface area (Å²) in [4.78, 5) is 23.7. The van der Waals surface area contributed by atoms with Crippen molar-refractivity contribution in [3.8, 4) is 40.1 Å². The van der Waals surface area contributed by atoms with Crippen LogP contribution in [0.15, 0.2) is 116 Å². The fourth-order valence-corrected chi connectivity index (χ4v) is 4.84. The van der Waals surface area contributed by atoms with Crippen molar-refractivity contribution in [3.63, 3.8) is 0 Å². The van der Waals surface area contributed by atoms with Crippen molar-refractivity contribution in [2.75, 3.05) is 0 Å². The molecule has 0 saturated heterocycles. The highest BCUT2D eigenvalue weighted by Crippen LogP contribution is 2.34. The van der Waals surface area contributed by atoms with Crippen molar-refractivity contribution in [3.05, 3.63) is 121 Å². The van der Waals surface area contributed by atoms with Gasteiger partial charge in [-0.05, 0) is 43.3 Å². The minimum absolute atomic E-state index is 0.629.